The Labute approximate surface area is 91.9 Å². The van der Waals surface area contributed by atoms with E-state index in [9.17, 15) is 4.79 Å². The average molecular weight is 220 g/mol. The molecule has 0 saturated carbocycles. The van der Waals surface area contributed by atoms with Crippen LogP contribution in [-0.2, 0) is 11.8 Å². The van der Waals surface area contributed by atoms with Crippen molar-refractivity contribution in [2.45, 2.75) is 6.92 Å². The second kappa shape index (κ2) is 3.80. The molecule has 0 bridgehead atoms. The van der Waals surface area contributed by atoms with E-state index in [0.29, 0.717) is 0 Å². The molecule has 2 N–H and O–H groups in total. The lowest BCUT2D eigenvalue weighted by Crippen LogP contribution is -2.12. The van der Waals surface area contributed by atoms with Gasteiger partial charge in [0.05, 0.1) is 11.1 Å². The van der Waals surface area contributed by atoms with Gasteiger partial charge in [0.1, 0.15) is 6.54 Å². The fourth-order valence-electron chi connectivity index (χ4n) is 1.69. The predicted molar refractivity (Wildman–Crippen MR) is 59.4 cm³/mol. The molecule has 2 heterocycles. The van der Waals surface area contributed by atoms with Gasteiger partial charge in [-0.1, -0.05) is 0 Å². The summed E-state index contributed by atoms with van der Waals surface area (Å²) in [5.74, 6) is -0.897. The number of anilines is 1. The molecule has 2 rings (SSSR count). The van der Waals surface area contributed by atoms with Crippen LogP contribution in [0.3, 0.4) is 0 Å². The van der Waals surface area contributed by atoms with Crippen LogP contribution in [0.2, 0.25) is 0 Å². The van der Waals surface area contributed by atoms with Gasteiger partial charge in [-0.05, 0) is 13.0 Å². The van der Waals surface area contributed by atoms with Gasteiger partial charge in [0.25, 0.3) is 0 Å². The van der Waals surface area contributed by atoms with Gasteiger partial charge in [-0.25, -0.2) is 4.98 Å². The molecule has 2 aromatic rings. The van der Waals surface area contributed by atoms with Crippen LogP contribution < -0.4 is 5.32 Å². The number of carboxylic acids is 1. The quantitative estimate of drug-likeness (QED) is 0.798. The van der Waals surface area contributed by atoms with Crippen molar-refractivity contribution < 1.29 is 9.90 Å². The Morgan fingerprint density at radius 3 is 3.06 bits per heavy atom. The third-order valence-corrected chi connectivity index (χ3v) is 2.33. The Hall–Kier alpha value is -2.11. The van der Waals surface area contributed by atoms with Gasteiger partial charge in [-0.2, -0.15) is 5.10 Å². The Balaban J connectivity index is 2.48. The maximum absolute atomic E-state index is 10.5. The summed E-state index contributed by atoms with van der Waals surface area (Å²) in [6, 6.07) is 1.75. The Bertz CT molecular complexity index is 547. The number of rotatable bonds is 3. The van der Waals surface area contributed by atoms with Gasteiger partial charge in [0, 0.05) is 18.9 Å². The van der Waals surface area contributed by atoms with E-state index < -0.39 is 5.97 Å². The molecule has 0 aliphatic rings. The summed E-state index contributed by atoms with van der Waals surface area (Å²) in [7, 11) is 1.81. The maximum atomic E-state index is 10.5. The highest BCUT2D eigenvalue weighted by Gasteiger charge is 2.10. The highest BCUT2D eigenvalue weighted by molar-refractivity contribution is 5.92. The molecule has 84 valence electrons. The largest absolute Gasteiger partial charge is 0.480 e. The molecule has 0 aromatic carbocycles. The lowest BCUT2D eigenvalue weighted by molar-refractivity contribution is -0.134. The number of hydrogen-bond acceptors (Lipinski definition) is 4. The van der Waals surface area contributed by atoms with Crippen LogP contribution in [-0.4, -0.2) is 32.4 Å². The predicted octanol–water partition coefficient (Wildman–Crippen LogP) is 0.773. The van der Waals surface area contributed by atoms with Crippen molar-refractivity contribution in [3.8, 4) is 0 Å². The van der Waals surface area contributed by atoms with Gasteiger partial charge in [-0.3, -0.25) is 9.48 Å². The molecule has 0 unspecified atom stereocenters. The third-order valence-electron chi connectivity index (χ3n) is 2.33. The summed E-state index contributed by atoms with van der Waals surface area (Å²) >= 11 is 0. The normalized spacial score (nSPS) is 10.6. The topological polar surface area (TPSA) is 80.0 Å². The molecule has 0 aliphatic carbocycles. The first-order valence-corrected chi connectivity index (χ1v) is 4.83. The number of aryl methyl sites for hydroxylation is 2. The summed E-state index contributed by atoms with van der Waals surface area (Å²) in [5, 5.41) is 16.6. The number of carboxylic acid groups (broad SMARTS) is 1. The van der Waals surface area contributed by atoms with Crippen LogP contribution >= 0.6 is 0 Å². The maximum Gasteiger partial charge on any atom is 0.322 e. The van der Waals surface area contributed by atoms with E-state index in [4.69, 9.17) is 5.11 Å². The van der Waals surface area contributed by atoms with E-state index in [1.165, 1.54) is 0 Å². The van der Waals surface area contributed by atoms with Crippen molar-refractivity contribution >= 4 is 22.7 Å². The van der Waals surface area contributed by atoms with Gasteiger partial charge in [0.15, 0.2) is 5.65 Å². The molecule has 2 aromatic heterocycles. The minimum Gasteiger partial charge on any atom is -0.480 e. The molecule has 0 spiro atoms. The molecule has 6 heteroatoms. The van der Waals surface area contributed by atoms with Crippen LogP contribution in [0.25, 0.3) is 11.0 Å². The molecular weight excluding hydrogens is 208 g/mol. The molecule has 0 atom stereocenters. The van der Waals surface area contributed by atoms with Crippen molar-refractivity contribution in [3.63, 3.8) is 0 Å². The number of nitrogens with one attached hydrogen (secondary N) is 1. The van der Waals surface area contributed by atoms with E-state index in [-0.39, 0.29) is 6.54 Å². The first kappa shape index (κ1) is 10.4. The zero-order valence-corrected chi connectivity index (χ0v) is 9.06. The monoisotopic (exact) mass is 220 g/mol. The lowest BCUT2D eigenvalue weighted by atomic mass is 10.2. The minimum absolute atomic E-state index is 0.118. The number of pyridine rings is 1. The minimum atomic E-state index is -0.897. The van der Waals surface area contributed by atoms with E-state index in [1.807, 2.05) is 14.0 Å². The van der Waals surface area contributed by atoms with Crippen LogP contribution in [0, 0.1) is 6.92 Å². The number of carbonyl (C=O) groups is 1. The zero-order chi connectivity index (χ0) is 11.7. The summed E-state index contributed by atoms with van der Waals surface area (Å²) in [5.41, 5.74) is 2.32. The van der Waals surface area contributed by atoms with E-state index in [0.717, 1.165) is 22.4 Å². The number of fused-ring (bicyclic) bond motifs is 1. The van der Waals surface area contributed by atoms with E-state index in [2.05, 4.69) is 15.4 Å². The Morgan fingerprint density at radius 2 is 2.38 bits per heavy atom. The van der Waals surface area contributed by atoms with Crippen molar-refractivity contribution in [1.82, 2.24) is 14.8 Å². The molecular formula is C10H12N4O2. The van der Waals surface area contributed by atoms with Crippen molar-refractivity contribution in [2.24, 2.45) is 7.05 Å². The Kier molecular flexibility index (Phi) is 2.47. The summed E-state index contributed by atoms with van der Waals surface area (Å²) in [6.07, 6.45) is 1.63. The lowest BCUT2D eigenvalue weighted by Gasteiger charge is -2.04. The molecule has 0 fully saturated rings. The van der Waals surface area contributed by atoms with E-state index in [1.54, 1.807) is 16.9 Å². The Morgan fingerprint density at radius 1 is 1.62 bits per heavy atom. The summed E-state index contributed by atoms with van der Waals surface area (Å²) in [6.45, 7) is 1.75. The number of aliphatic carboxylic acids is 1. The fraction of sp³-hybridized carbons (Fsp3) is 0.300. The molecule has 0 amide bonds. The fourth-order valence-corrected chi connectivity index (χ4v) is 1.69. The standard InChI is InChI=1S/C10H12N4O2/c1-6-9-7(12-5-8(15)16)3-4-11-10(9)14(2)13-6/h3-4H,5H2,1-2H3,(H,11,12)(H,15,16). The van der Waals surface area contributed by atoms with E-state index >= 15 is 0 Å². The highest BCUT2D eigenvalue weighted by Crippen LogP contribution is 2.23. The molecule has 0 aliphatic heterocycles. The van der Waals surface area contributed by atoms with Crippen LogP contribution in [0.15, 0.2) is 12.3 Å². The van der Waals surface area contributed by atoms with Gasteiger partial charge in [-0.15, -0.1) is 0 Å². The van der Waals surface area contributed by atoms with Crippen molar-refractivity contribution in [2.75, 3.05) is 11.9 Å². The van der Waals surface area contributed by atoms with Crippen LogP contribution in [0.1, 0.15) is 5.69 Å². The highest BCUT2D eigenvalue weighted by atomic mass is 16.4. The van der Waals surface area contributed by atoms with Crippen LogP contribution in [0.4, 0.5) is 5.69 Å². The van der Waals surface area contributed by atoms with Crippen molar-refractivity contribution in [1.29, 1.82) is 0 Å². The van der Waals surface area contributed by atoms with Gasteiger partial charge < -0.3 is 10.4 Å². The number of aromatic nitrogens is 3. The third kappa shape index (κ3) is 1.69. The second-order valence-electron chi connectivity index (χ2n) is 3.51. The average Bonchev–Trinajstić information content (AvgIpc) is 2.52. The zero-order valence-electron chi connectivity index (χ0n) is 9.06. The molecule has 16 heavy (non-hydrogen) atoms. The molecule has 0 saturated heterocycles. The molecule has 6 nitrogen and oxygen atoms in total. The van der Waals surface area contributed by atoms with Crippen molar-refractivity contribution in [3.05, 3.63) is 18.0 Å². The second-order valence-corrected chi connectivity index (χ2v) is 3.51. The van der Waals surface area contributed by atoms with Gasteiger partial charge in [0.2, 0.25) is 0 Å². The van der Waals surface area contributed by atoms with Gasteiger partial charge >= 0.3 is 5.97 Å². The smallest absolute Gasteiger partial charge is 0.322 e. The first-order chi connectivity index (χ1) is 7.59. The number of nitrogens with zero attached hydrogens (tertiary/aromatic N) is 3. The SMILES string of the molecule is Cc1nn(C)c2nccc(NCC(=O)O)c12. The van der Waals surface area contributed by atoms with Crippen LogP contribution in [0.5, 0.6) is 0 Å². The summed E-state index contributed by atoms with van der Waals surface area (Å²) in [4.78, 5) is 14.7. The first-order valence-electron chi connectivity index (χ1n) is 4.83. The number of hydrogen-bond donors (Lipinski definition) is 2. The molecule has 0 radical (unpaired) electrons. The summed E-state index contributed by atoms with van der Waals surface area (Å²) < 4.78 is 1.68.